The van der Waals surface area contributed by atoms with Gasteiger partial charge in [0.25, 0.3) is 5.69 Å². The standard InChI is InChI=1S/C22H36N3O8P.C8H17NO2.C2H6.ClH/c1-5-17(6-2)15-31-21(26)13-23-34(30,24-14-22(27)32-16-18(7-3)8-4)33-20-11-9-19(10-12-20)25(28)29;1-3-7(4-2)6-11-8(10)5-9;1-2;/h9-12,17-18H,5-8,13-16H2,1-4H3,(H2,23,24,30);7H,3-6,9H2,1-2H3;1-2H3;1H. The number of nitrogens with one attached hydrogen (secondary N) is 2. The third-order valence-corrected chi connectivity index (χ3v) is 8.87. The smallest absolute Gasteiger partial charge is 0.391 e. The Kier molecular flexibility index (Phi) is 31.3. The number of nitrogens with zero attached hydrogens (tertiary/aromatic N) is 1. The summed E-state index contributed by atoms with van der Waals surface area (Å²) in [6, 6.07) is 4.91. The van der Waals surface area contributed by atoms with Crippen molar-refractivity contribution in [3.8, 4) is 5.75 Å². The van der Waals surface area contributed by atoms with Gasteiger partial charge in [0.2, 0.25) is 0 Å². The van der Waals surface area contributed by atoms with Crippen molar-refractivity contribution in [1.82, 2.24) is 10.2 Å². The fraction of sp³-hybridized carbons (Fsp3) is 0.719. The van der Waals surface area contributed by atoms with Gasteiger partial charge in [0.05, 0.1) is 24.7 Å². The Morgan fingerprint density at radius 1 is 0.729 bits per heavy atom. The fourth-order valence-corrected chi connectivity index (χ4v) is 4.95. The SMILES string of the molecule is CC.CCC(CC)COC(=O)CNP(=O)(NCC(=O)OCC(CC)CC)Oc1ccc([N+](=O)[O-])cc1.CCC(CC)COC(=O)C[NH3+].[Cl-]. The van der Waals surface area contributed by atoms with E-state index < -0.39 is 37.6 Å². The summed E-state index contributed by atoms with van der Waals surface area (Å²) in [7, 11) is -3.98. The minimum Gasteiger partial charge on any atom is -1.00 e. The summed E-state index contributed by atoms with van der Waals surface area (Å²) in [5.41, 5.74) is 3.27. The number of esters is 3. The number of carbonyl (C=O) groups is 3. The minimum atomic E-state index is -3.98. The second kappa shape index (κ2) is 30.3. The Morgan fingerprint density at radius 2 is 1.06 bits per heavy atom. The van der Waals surface area contributed by atoms with Gasteiger partial charge in [-0.15, -0.1) is 0 Å². The van der Waals surface area contributed by atoms with Crippen molar-refractivity contribution in [3.63, 3.8) is 0 Å². The maximum Gasteiger partial charge on any atom is 0.391 e. The van der Waals surface area contributed by atoms with Crippen LogP contribution in [0.3, 0.4) is 0 Å². The molecule has 0 amide bonds. The van der Waals surface area contributed by atoms with Gasteiger partial charge in [-0.2, -0.15) is 0 Å². The van der Waals surface area contributed by atoms with Crippen LogP contribution in [0.25, 0.3) is 0 Å². The van der Waals surface area contributed by atoms with E-state index in [4.69, 9.17) is 18.7 Å². The molecule has 16 heteroatoms. The third-order valence-electron chi connectivity index (χ3n) is 7.25. The quantitative estimate of drug-likeness (QED) is 0.0519. The number of quaternary nitrogens is 1. The topological polar surface area (TPSA) is 200 Å². The molecule has 0 unspecified atom stereocenters. The van der Waals surface area contributed by atoms with E-state index in [9.17, 15) is 29.1 Å². The summed E-state index contributed by atoms with van der Waals surface area (Å²) >= 11 is 0. The molecule has 0 saturated carbocycles. The van der Waals surface area contributed by atoms with Crippen molar-refractivity contribution in [3.05, 3.63) is 34.4 Å². The van der Waals surface area contributed by atoms with Crippen LogP contribution in [0, 0.1) is 27.9 Å². The summed E-state index contributed by atoms with van der Waals surface area (Å²) in [4.78, 5) is 45.2. The molecule has 0 spiro atoms. The largest absolute Gasteiger partial charge is 1.00 e. The van der Waals surface area contributed by atoms with E-state index in [2.05, 4.69) is 29.8 Å². The van der Waals surface area contributed by atoms with Gasteiger partial charge in [0.1, 0.15) is 18.8 Å². The molecular formula is C32H60ClN4O10P. The lowest BCUT2D eigenvalue weighted by atomic mass is 10.1. The Balaban J connectivity index is -0.00000122. The molecule has 0 atom stereocenters. The lowest BCUT2D eigenvalue weighted by molar-refractivity contribution is -0.384. The van der Waals surface area contributed by atoms with E-state index in [1.807, 2.05) is 41.5 Å². The molecule has 1 rings (SSSR count). The van der Waals surface area contributed by atoms with Crippen molar-refractivity contribution in [2.45, 2.75) is 93.9 Å². The monoisotopic (exact) mass is 726 g/mol. The molecule has 0 radical (unpaired) electrons. The van der Waals surface area contributed by atoms with Crippen LogP contribution in [0.1, 0.15) is 93.9 Å². The lowest BCUT2D eigenvalue weighted by Gasteiger charge is -2.21. The summed E-state index contributed by atoms with van der Waals surface area (Å²) in [5.74, 6) is -0.424. The highest BCUT2D eigenvalue weighted by atomic mass is 35.5. The van der Waals surface area contributed by atoms with Crippen LogP contribution in [-0.2, 0) is 33.2 Å². The van der Waals surface area contributed by atoms with E-state index in [0.717, 1.165) is 38.5 Å². The van der Waals surface area contributed by atoms with Crippen LogP contribution in [0.15, 0.2) is 24.3 Å². The molecule has 0 saturated heterocycles. The second-order valence-electron chi connectivity index (χ2n) is 10.4. The Hall–Kier alpha value is -2.77. The normalized spacial score (nSPS) is 10.6. The minimum absolute atomic E-state index is 0. The molecule has 0 aliphatic heterocycles. The molecule has 48 heavy (non-hydrogen) atoms. The zero-order chi connectivity index (χ0) is 36.3. The molecule has 1 aromatic rings. The highest BCUT2D eigenvalue weighted by molar-refractivity contribution is 7.55. The Bertz CT molecular complexity index is 1020. The number of rotatable bonds is 22. The molecule has 0 bridgehead atoms. The van der Waals surface area contributed by atoms with Crippen LogP contribution in [-0.4, -0.2) is 62.3 Å². The van der Waals surface area contributed by atoms with E-state index in [1.165, 1.54) is 24.3 Å². The maximum atomic E-state index is 13.3. The van der Waals surface area contributed by atoms with Gasteiger partial charge in [-0.1, -0.05) is 93.9 Å². The van der Waals surface area contributed by atoms with E-state index >= 15 is 0 Å². The molecule has 1 aromatic carbocycles. The maximum absolute atomic E-state index is 13.3. The number of ether oxygens (including phenoxy) is 3. The van der Waals surface area contributed by atoms with E-state index in [-0.39, 0.29) is 61.4 Å². The number of nitro benzene ring substituents is 1. The lowest BCUT2D eigenvalue weighted by Crippen LogP contribution is -3.00. The van der Waals surface area contributed by atoms with Crippen LogP contribution in [0.4, 0.5) is 5.69 Å². The highest BCUT2D eigenvalue weighted by Gasteiger charge is 2.28. The first kappa shape index (κ1) is 49.6. The molecule has 0 aliphatic carbocycles. The van der Waals surface area contributed by atoms with Crippen molar-refractivity contribution >= 4 is 31.3 Å². The fourth-order valence-electron chi connectivity index (χ4n) is 3.61. The third kappa shape index (κ3) is 23.5. The van der Waals surface area contributed by atoms with Crippen molar-refractivity contribution in [2.75, 3.05) is 39.5 Å². The zero-order valence-corrected chi connectivity index (χ0v) is 31.7. The van der Waals surface area contributed by atoms with E-state index in [1.54, 1.807) is 0 Å². The molecule has 0 aliphatic rings. The molecule has 0 heterocycles. The van der Waals surface area contributed by atoms with Crippen LogP contribution < -0.4 is 32.8 Å². The van der Waals surface area contributed by atoms with Crippen molar-refractivity contribution in [1.29, 1.82) is 0 Å². The number of hydrogen-bond acceptors (Lipinski definition) is 10. The average Bonchev–Trinajstić information content (AvgIpc) is 3.09. The Morgan fingerprint density at radius 3 is 1.35 bits per heavy atom. The molecule has 0 fully saturated rings. The predicted octanol–water partition coefficient (Wildman–Crippen LogP) is 2.46. The second-order valence-corrected chi connectivity index (χ2v) is 12.3. The van der Waals surface area contributed by atoms with Gasteiger partial charge < -0.3 is 36.9 Å². The first-order valence-corrected chi connectivity index (χ1v) is 18.3. The molecule has 280 valence electrons. The van der Waals surface area contributed by atoms with Crippen molar-refractivity contribution < 1.29 is 60.7 Å². The van der Waals surface area contributed by atoms with Crippen molar-refractivity contribution in [2.24, 2.45) is 17.8 Å². The number of benzene rings is 1. The summed E-state index contributed by atoms with van der Waals surface area (Å²) in [6.07, 6.45) is 5.58. The number of non-ortho nitro benzene ring substituents is 1. The summed E-state index contributed by atoms with van der Waals surface area (Å²) in [5, 5.41) is 15.8. The molecule has 14 nitrogen and oxygen atoms in total. The first-order chi connectivity index (χ1) is 22.4. The number of nitro groups is 1. The molecule has 0 aromatic heterocycles. The van der Waals surface area contributed by atoms with Gasteiger partial charge in [0.15, 0.2) is 6.54 Å². The average molecular weight is 727 g/mol. The predicted molar refractivity (Wildman–Crippen MR) is 182 cm³/mol. The molecular weight excluding hydrogens is 667 g/mol. The van der Waals surface area contributed by atoms with Crippen LogP contribution >= 0.6 is 7.67 Å². The van der Waals surface area contributed by atoms with Gasteiger partial charge in [-0.25, -0.2) is 19.5 Å². The number of halogens is 1. The number of hydrogen-bond donors (Lipinski definition) is 3. The number of carbonyl (C=O) groups excluding carboxylic acids is 3. The van der Waals surface area contributed by atoms with Gasteiger partial charge in [0, 0.05) is 12.1 Å². The van der Waals surface area contributed by atoms with Gasteiger partial charge in [-0.3, -0.25) is 19.7 Å². The summed E-state index contributed by atoms with van der Waals surface area (Å²) < 4.78 is 34.2. The van der Waals surface area contributed by atoms with E-state index in [0.29, 0.717) is 12.5 Å². The molecule has 5 N–H and O–H groups in total. The van der Waals surface area contributed by atoms with Gasteiger partial charge >= 0.3 is 25.6 Å². The van der Waals surface area contributed by atoms with Gasteiger partial charge in [-0.05, 0) is 29.9 Å². The van der Waals surface area contributed by atoms with Crippen LogP contribution in [0.5, 0.6) is 5.75 Å². The Labute approximate surface area is 293 Å². The summed E-state index contributed by atoms with van der Waals surface area (Å²) in [6.45, 7) is 16.6. The zero-order valence-electron chi connectivity index (χ0n) is 30.1. The highest BCUT2D eigenvalue weighted by Crippen LogP contribution is 2.38. The van der Waals surface area contributed by atoms with Crippen LogP contribution in [0.2, 0.25) is 0 Å². The first-order valence-electron chi connectivity index (χ1n) is 16.7.